The monoisotopic (exact) mass is 256 g/mol. The normalized spacial score (nSPS) is 20.1. The highest BCUT2D eigenvalue weighted by Gasteiger charge is 2.22. The molecule has 1 aliphatic rings. The fourth-order valence-corrected chi connectivity index (χ4v) is 2.76. The molecule has 1 saturated carbocycles. The van der Waals surface area contributed by atoms with Gasteiger partial charge in [-0.2, -0.15) is 4.98 Å². The summed E-state index contributed by atoms with van der Waals surface area (Å²) in [7, 11) is 0. The van der Waals surface area contributed by atoms with Crippen molar-refractivity contribution >= 4 is 11.6 Å². The minimum absolute atomic E-state index is 0.0942. The molecule has 3 nitrogen and oxygen atoms in total. The zero-order valence-corrected chi connectivity index (χ0v) is 11.2. The molecule has 96 valence electrons. The molecule has 1 aromatic rings. The highest BCUT2D eigenvalue weighted by molar-refractivity contribution is 6.20. The van der Waals surface area contributed by atoms with Crippen LogP contribution in [0.1, 0.15) is 81.3 Å². The Bertz CT molecular complexity index is 332. The molecule has 1 fully saturated rings. The Morgan fingerprint density at radius 2 is 2.00 bits per heavy atom. The van der Waals surface area contributed by atoms with E-state index in [1.54, 1.807) is 0 Å². The van der Waals surface area contributed by atoms with Gasteiger partial charge in [0.1, 0.15) is 0 Å². The van der Waals surface area contributed by atoms with Gasteiger partial charge in [-0.15, -0.1) is 11.6 Å². The molecule has 1 aliphatic carbocycles. The van der Waals surface area contributed by atoms with Crippen LogP contribution in [0, 0.1) is 0 Å². The zero-order valence-electron chi connectivity index (χ0n) is 10.5. The van der Waals surface area contributed by atoms with Gasteiger partial charge in [0.15, 0.2) is 5.82 Å². The molecule has 17 heavy (non-hydrogen) atoms. The van der Waals surface area contributed by atoms with Gasteiger partial charge in [0.2, 0.25) is 5.89 Å². The summed E-state index contributed by atoms with van der Waals surface area (Å²) in [5, 5.41) is 3.93. The number of hydrogen-bond donors (Lipinski definition) is 0. The first-order valence-electron chi connectivity index (χ1n) is 6.78. The maximum Gasteiger partial charge on any atom is 0.229 e. The molecule has 0 spiro atoms. The summed E-state index contributed by atoms with van der Waals surface area (Å²) in [4.78, 5) is 4.48. The summed E-state index contributed by atoms with van der Waals surface area (Å²) < 4.78 is 5.38. The van der Waals surface area contributed by atoms with Gasteiger partial charge in [-0.3, -0.25) is 0 Å². The van der Waals surface area contributed by atoms with Gasteiger partial charge in [-0.1, -0.05) is 44.2 Å². The van der Waals surface area contributed by atoms with Crippen LogP contribution in [0.3, 0.4) is 0 Å². The molecular weight excluding hydrogens is 236 g/mol. The van der Waals surface area contributed by atoms with Crippen LogP contribution in [-0.2, 0) is 0 Å². The highest BCUT2D eigenvalue weighted by atomic mass is 35.5. The van der Waals surface area contributed by atoms with E-state index in [9.17, 15) is 0 Å². The quantitative estimate of drug-likeness (QED) is 0.584. The van der Waals surface area contributed by atoms with E-state index in [1.165, 1.54) is 38.5 Å². The van der Waals surface area contributed by atoms with Crippen LogP contribution in [0.2, 0.25) is 0 Å². The molecule has 1 heterocycles. The Morgan fingerprint density at radius 3 is 2.65 bits per heavy atom. The second kappa shape index (κ2) is 6.39. The fourth-order valence-electron chi connectivity index (χ4n) is 2.45. The lowest BCUT2D eigenvalue weighted by atomic mass is 10.0. The number of alkyl halides is 1. The molecule has 4 heteroatoms. The third kappa shape index (κ3) is 3.44. The van der Waals surface area contributed by atoms with Crippen molar-refractivity contribution in [2.75, 3.05) is 0 Å². The first-order chi connectivity index (χ1) is 8.31. The van der Waals surface area contributed by atoms with Gasteiger partial charge in [0.05, 0.1) is 5.38 Å². The zero-order chi connectivity index (χ0) is 12.1. The molecule has 1 unspecified atom stereocenters. The lowest BCUT2D eigenvalue weighted by Crippen LogP contribution is -1.99. The molecule has 0 saturated heterocycles. The number of nitrogens with zero attached hydrogens (tertiary/aromatic N) is 2. The van der Waals surface area contributed by atoms with E-state index in [-0.39, 0.29) is 5.38 Å². The first kappa shape index (κ1) is 12.9. The maximum absolute atomic E-state index is 6.21. The van der Waals surface area contributed by atoms with E-state index in [2.05, 4.69) is 17.1 Å². The Hall–Kier alpha value is -0.570. The molecule has 1 atom stereocenters. The van der Waals surface area contributed by atoms with Crippen molar-refractivity contribution < 1.29 is 4.52 Å². The summed E-state index contributed by atoms with van der Waals surface area (Å²) in [6, 6.07) is 0. The van der Waals surface area contributed by atoms with Crippen molar-refractivity contribution in [2.24, 2.45) is 0 Å². The van der Waals surface area contributed by atoms with Gasteiger partial charge in [0.25, 0.3) is 0 Å². The van der Waals surface area contributed by atoms with Crippen LogP contribution in [0.4, 0.5) is 0 Å². The lowest BCUT2D eigenvalue weighted by Gasteiger charge is -2.07. The van der Waals surface area contributed by atoms with Crippen LogP contribution in [-0.4, -0.2) is 10.1 Å². The average molecular weight is 257 g/mol. The maximum atomic E-state index is 6.21. The second-order valence-electron chi connectivity index (χ2n) is 4.94. The van der Waals surface area contributed by atoms with Crippen LogP contribution in [0.5, 0.6) is 0 Å². The minimum Gasteiger partial charge on any atom is -0.339 e. The molecule has 0 bridgehead atoms. The van der Waals surface area contributed by atoms with Gasteiger partial charge < -0.3 is 4.52 Å². The van der Waals surface area contributed by atoms with Crippen molar-refractivity contribution in [3.63, 3.8) is 0 Å². The summed E-state index contributed by atoms with van der Waals surface area (Å²) in [6.07, 6.45) is 9.55. The predicted molar refractivity (Wildman–Crippen MR) is 68.2 cm³/mol. The third-order valence-corrected chi connectivity index (χ3v) is 3.90. The van der Waals surface area contributed by atoms with Gasteiger partial charge in [-0.25, -0.2) is 0 Å². The number of halogens is 1. The Kier molecular flexibility index (Phi) is 4.84. The van der Waals surface area contributed by atoms with Gasteiger partial charge in [-0.05, 0) is 19.3 Å². The standard InChI is InChI=1S/C13H21ClN2O/c1-2-7-11(14)12-15-13(17-16-12)10-8-5-3-4-6-9-10/h10-11H,2-9H2,1H3. The smallest absolute Gasteiger partial charge is 0.229 e. The molecule has 0 amide bonds. The van der Waals surface area contributed by atoms with Crippen molar-refractivity contribution in [1.29, 1.82) is 0 Å². The molecule has 0 aliphatic heterocycles. The SMILES string of the molecule is CCCC(Cl)c1noc(C2CCCCCC2)n1. The van der Waals surface area contributed by atoms with E-state index in [4.69, 9.17) is 16.1 Å². The number of hydrogen-bond acceptors (Lipinski definition) is 3. The van der Waals surface area contributed by atoms with E-state index < -0.39 is 0 Å². The summed E-state index contributed by atoms with van der Waals surface area (Å²) in [5.41, 5.74) is 0. The van der Waals surface area contributed by atoms with E-state index in [0.29, 0.717) is 11.7 Å². The Balaban J connectivity index is 2.01. The summed E-state index contributed by atoms with van der Waals surface area (Å²) >= 11 is 6.21. The van der Waals surface area contributed by atoms with Gasteiger partial charge in [0, 0.05) is 5.92 Å². The van der Waals surface area contributed by atoms with Crippen LogP contribution >= 0.6 is 11.6 Å². The molecule has 0 N–H and O–H groups in total. The number of aromatic nitrogens is 2. The van der Waals surface area contributed by atoms with Crippen molar-refractivity contribution in [3.8, 4) is 0 Å². The third-order valence-electron chi connectivity index (χ3n) is 3.48. The Morgan fingerprint density at radius 1 is 1.29 bits per heavy atom. The largest absolute Gasteiger partial charge is 0.339 e. The van der Waals surface area contributed by atoms with Crippen molar-refractivity contribution in [2.45, 2.75) is 69.6 Å². The average Bonchev–Trinajstić information content (AvgIpc) is 2.66. The molecule has 1 aromatic heterocycles. The second-order valence-corrected chi connectivity index (χ2v) is 5.46. The lowest BCUT2D eigenvalue weighted by molar-refractivity contribution is 0.337. The van der Waals surface area contributed by atoms with Crippen molar-refractivity contribution in [1.82, 2.24) is 10.1 Å². The topological polar surface area (TPSA) is 38.9 Å². The fraction of sp³-hybridized carbons (Fsp3) is 0.846. The number of rotatable bonds is 4. The van der Waals surface area contributed by atoms with Crippen molar-refractivity contribution in [3.05, 3.63) is 11.7 Å². The van der Waals surface area contributed by atoms with E-state index in [0.717, 1.165) is 18.7 Å². The highest BCUT2D eigenvalue weighted by Crippen LogP contribution is 2.32. The van der Waals surface area contributed by atoms with Gasteiger partial charge >= 0.3 is 0 Å². The molecule has 0 radical (unpaired) electrons. The predicted octanol–water partition coefficient (Wildman–Crippen LogP) is 4.59. The molecular formula is C13H21ClN2O. The van der Waals surface area contributed by atoms with Crippen LogP contribution in [0.15, 0.2) is 4.52 Å². The van der Waals surface area contributed by atoms with E-state index in [1.807, 2.05) is 0 Å². The Labute approximate surface area is 108 Å². The minimum atomic E-state index is -0.0942. The van der Waals surface area contributed by atoms with Crippen LogP contribution < -0.4 is 0 Å². The summed E-state index contributed by atoms with van der Waals surface area (Å²) in [6.45, 7) is 2.11. The summed E-state index contributed by atoms with van der Waals surface area (Å²) in [5.74, 6) is 1.95. The molecule has 0 aromatic carbocycles. The van der Waals surface area contributed by atoms with Crippen LogP contribution in [0.25, 0.3) is 0 Å². The van der Waals surface area contributed by atoms with E-state index >= 15 is 0 Å². The first-order valence-corrected chi connectivity index (χ1v) is 7.22. The molecule has 2 rings (SSSR count).